The molecule has 0 saturated heterocycles. The van der Waals surface area contributed by atoms with E-state index in [2.05, 4.69) is 25.9 Å². The summed E-state index contributed by atoms with van der Waals surface area (Å²) in [7, 11) is 1.66. The zero-order chi connectivity index (χ0) is 9.84. The Morgan fingerprint density at radius 2 is 2.38 bits per heavy atom. The molecule has 1 aromatic heterocycles. The number of anilines is 1. The van der Waals surface area contributed by atoms with E-state index in [0.29, 0.717) is 18.1 Å². The monoisotopic (exact) mass is 245 g/mol. The molecule has 0 spiro atoms. The molecule has 5 heteroatoms. The number of nitrogens with two attached hydrogens (primary N) is 1. The van der Waals surface area contributed by atoms with Crippen LogP contribution in [0.2, 0.25) is 0 Å². The lowest BCUT2D eigenvalue weighted by atomic mass is 10.3. The molecule has 0 aliphatic carbocycles. The Balaban J connectivity index is 2.73. The lowest BCUT2D eigenvalue weighted by molar-refractivity contribution is 0.117. The fourth-order valence-electron chi connectivity index (χ4n) is 0.857. The number of nitrogen functional groups attached to an aromatic ring is 1. The summed E-state index contributed by atoms with van der Waals surface area (Å²) in [5, 5.41) is 0. The van der Waals surface area contributed by atoms with Gasteiger partial charge in [0.2, 0.25) is 0 Å². The first-order valence-corrected chi connectivity index (χ1v) is 4.72. The third-order valence-electron chi connectivity index (χ3n) is 1.69. The first-order valence-electron chi connectivity index (χ1n) is 3.93. The van der Waals surface area contributed by atoms with Crippen molar-refractivity contribution < 1.29 is 4.74 Å². The summed E-state index contributed by atoms with van der Waals surface area (Å²) >= 11 is 3.23. The van der Waals surface area contributed by atoms with Gasteiger partial charge in [-0.3, -0.25) is 0 Å². The van der Waals surface area contributed by atoms with Crippen molar-refractivity contribution in [1.82, 2.24) is 9.97 Å². The predicted molar refractivity (Wildman–Crippen MR) is 54.3 cm³/mol. The van der Waals surface area contributed by atoms with Crippen LogP contribution in [0.4, 0.5) is 5.82 Å². The van der Waals surface area contributed by atoms with Gasteiger partial charge in [0.15, 0.2) is 0 Å². The van der Waals surface area contributed by atoms with Crippen molar-refractivity contribution in [3.8, 4) is 0 Å². The summed E-state index contributed by atoms with van der Waals surface area (Å²) < 4.78 is 5.82. The van der Waals surface area contributed by atoms with Crippen LogP contribution in [0.25, 0.3) is 0 Å². The molecule has 0 aliphatic rings. The molecule has 1 aromatic rings. The molecule has 1 unspecified atom stereocenters. The van der Waals surface area contributed by atoms with E-state index in [4.69, 9.17) is 10.5 Å². The van der Waals surface area contributed by atoms with Crippen LogP contribution < -0.4 is 5.73 Å². The molecule has 0 aliphatic heterocycles. The maximum atomic E-state index is 5.60. The number of ether oxygens (including phenoxy) is 1. The zero-order valence-corrected chi connectivity index (χ0v) is 9.21. The van der Waals surface area contributed by atoms with E-state index >= 15 is 0 Å². The lowest BCUT2D eigenvalue weighted by Gasteiger charge is -2.08. The van der Waals surface area contributed by atoms with Gasteiger partial charge in [-0.1, -0.05) is 0 Å². The van der Waals surface area contributed by atoms with Crippen LogP contribution in [0, 0.1) is 0 Å². The van der Waals surface area contributed by atoms with Crippen LogP contribution >= 0.6 is 15.9 Å². The Hall–Kier alpha value is -0.680. The largest absolute Gasteiger partial charge is 0.383 e. The van der Waals surface area contributed by atoms with E-state index in [1.807, 2.05) is 6.92 Å². The molecule has 0 radical (unpaired) electrons. The van der Waals surface area contributed by atoms with Crippen molar-refractivity contribution in [1.29, 1.82) is 0 Å². The first-order chi connectivity index (χ1) is 6.13. The van der Waals surface area contributed by atoms with Crippen LogP contribution in [0.5, 0.6) is 0 Å². The molecule has 1 heterocycles. The summed E-state index contributed by atoms with van der Waals surface area (Å²) in [5.74, 6) is 1.17. The molecule has 2 N–H and O–H groups in total. The Bertz CT molecular complexity index is 293. The molecule has 0 saturated carbocycles. The van der Waals surface area contributed by atoms with Gasteiger partial charge in [-0.2, -0.15) is 0 Å². The summed E-state index contributed by atoms with van der Waals surface area (Å²) in [6, 6.07) is 0. The average Bonchev–Trinajstić information content (AvgIpc) is 2.11. The summed E-state index contributed by atoms with van der Waals surface area (Å²) in [6.07, 6.45) is 2.44. The van der Waals surface area contributed by atoms with Gasteiger partial charge in [0.05, 0.1) is 10.6 Å². The maximum absolute atomic E-state index is 5.60. The fraction of sp³-hybridized carbons (Fsp3) is 0.500. The summed E-state index contributed by atoms with van der Waals surface area (Å²) in [6.45, 7) is 1.96. The molecule has 1 atom stereocenters. The maximum Gasteiger partial charge on any atom is 0.141 e. The molecular formula is C8H12BrN3O. The molecular weight excluding hydrogens is 234 g/mol. The quantitative estimate of drug-likeness (QED) is 0.875. The van der Waals surface area contributed by atoms with Crippen LogP contribution in [0.15, 0.2) is 10.7 Å². The third kappa shape index (κ3) is 2.93. The van der Waals surface area contributed by atoms with E-state index in [0.717, 1.165) is 4.47 Å². The van der Waals surface area contributed by atoms with Crippen LogP contribution in [-0.4, -0.2) is 23.2 Å². The second-order valence-electron chi connectivity index (χ2n) is 2.77. The highest BCUT2D eigenvalue weighted by Gasteiger charge is 2.06. The molecule has 0 aromatic carbocycles. The number of hydrogen-bond donors (Lipinski definition) is 1. The molecule has 13 heavy (non-hydrogen) atoms. The Labute approximate surface area is 85.7 Å². The van der Waals surface area contributed by atoms with Gasteiger partial charge < -0.3 is 10.5 Å². The van der Waals surface area contributed by atoms with Gasteiger partial charge in [-0.05, 0) is 22.9 Å². The van der Waals surface area contributed by atoms with Crippen molar-refractivity contribution in [2.45, 2.75) is 19.4 Å². The van der Waals surface area contributed by atoms with Crippen molar-refractivity contribution in [2.75, 3.05) is 12.8 Å². The highest BCUT2D eigenvalue weighted by atomic mass is 79.9. The van der Waals surface area contributed by atoms with E-state index in [1.165, 1.54) is 0 Å². The SMILES string of the molecule is COC(C)Cc1ncc(Br)c(N)n1. The molecule has 4 nitrogen and oxygen atoms in total. The fourth-order valence-corrected chi connectivity index (χ4v) is 1.05. The Morgan fingerprint density at radius 3 is 2.92 bits per heavy atom. The van der Waals surface area contributed by atoms with E-state index in [9.17, 15) is 0 Å². The number of methoxy groups -OCH3 is 1. The second kappa shape index (κ2) is 4.53. The summed E-state index contributed by atoms with van der Waals surface area (Å²) in [5.41, 5.74) is 5.60. The number of nitrogens with zero attached hydrogens (tertiary/aromatic N) is 2. The van der Waals surface area contributed by atoms with Gasteiger partial charge in [0.25, 0.3) is 0 Å². The molecule has 1 rings (SSSR count). The van der Waals surface area contributed by atoms with Gasteiger partial charge >= 0.3 is 0 Å². The van der Waals surface area contributed by atoms with Crippen molar-refractivity contribution in [3.05, 3.63) is 16.5 Å². The predicted octanol–water partition coefficient (Wildman–Crippen LogP) is 1.40. The second-order valence-corrected chi connectivity index (χ2v) is 3.62. The van der Waals surface area contributed by atoms with Gasteiger partial charge in [-0.15, -0.1) is 0 Å². The average molecular weight is 246 g/mol. The van der Waals surface area contributed by atoms with Crippen LogP contribution in [0.3, 0.4) is 0 Å². The first kappa shape index (κ1) is 10.4. The number of rotatable bonds is 3. The van der Waals surface area contributed by atoms with Gasteiger partial charge in [0.1, 0.15) is 11.6 Å². The zero-order valence-electron chi connectivity index (χ0n) is 7.62. The van der Waals surface area contributed by atoms with Crippen LogP contribution in [0.1, 0.15) is 12.7 Å². The molecule has 0 fully saturated rings. The summed E-state index contributed by atoms with van der Waals surface area (Å²) in [4.78, 5) is 8.21. The third-order valence-corrected chi connectivity index (χ3v) is 2.30. The smallest absolute Gasteiger partial charge is 0.141 e. The standard InChI is InChI=1S/C8H12BrN3O/c1-5(13-2)3-7-11-4-6(9)8(10)12-7/h4-5H,3H2,1-2H3,(H2,10,11,12). The molecule has 0 bridgehead atoms. The van der Waals surface area contributed by atoms with Gasteiger partial charge in [-0.25, -0.2) is 9.97 Å². The van der Waals surface area contributed by atoms with Crippen molar-refractivity contribution >= 4 is 21.7 Å². The van der Waals surface area contributed by atoms with Crippen molar-refractivity contribution in [3.63, 3.8) is 0 Å². The minimum atomic E-state index is 0.112. The molecule has 72 valence electrons. The topological polar surface area (TPSA) is 61.0 Å². The highest BCUT2D eigenvalue weighted by Crippen LogP contribution is 2.15. The van der Waals surface area contributed by atoms with E-state index in [1.54, 1.807) is 13.3 Å². The van der Waals surface area contributed by atoms with Gasteiger partial charge in [0, 0.05) is 19.7 Å². The minimum Gasteiger partial charge on any atom is -0.383 e. The normalized spacial score (nSPS) is 12.8. The number of hydrogen-bond acceptors (Lipinski definition) is 4. The highest BCUT2D eigenvalue weighted by molar-refractivity contribution is 9.10. The molecule has 0 amide bonds. The minimum absolute atomic E-state index is 0.112. The Morgan fingerprint density at radius 1 is 1.69 bits per heavy atom. The van der Waals surface area contributed by atoms with Crippen molar-refractivity contribution in [2.24, 2.45) is 0 Å². The number of aromatic nitrogens is 2. The van der Waals surface area contributed by atoms with E-state index < -0.39 is 0 Å². The van der Waals surface area contributed by atoms with Crippen LogP contribution in [-0.2, 0) is 11.2 Å². The lowest BCUT2D eigenvalue weighted by Crippen LogP contribution is -2.12. The Kier molecular flexibility index (Phi) is 3.62. The van der Waals surface area contributed by atoms with E-state index in [-0.39, 0.29) is 6.10 Å². The number of halogens is 1.